The molecule has 1 aromatic rings. The van der Waals surface area contributed by atoms with Crippen LogP contribution in [0.4, 0.5) is 0 Å². The number of ether oxygens (including phenoxy) is 1. The molecule has 0 saturated heterocycles. The largest absolute Gasteiger partial charge is 0.426 e. The van der Waals surface area contributed by atoms with Gasteiger partial charge < -0.3 is 4.74 Å². The van der Waals surface area contributed by atoms with E-state index >= 15 is 0 Å². The lowest BCUT2D eigenvalue weighted by molar-refractivity contribution is -0.131. The molecule has 0 atom stereocenters. The first-order chi connectivity index (χ1) is 6.68. The van der Waals surface area contributed by atoms with Crippen molar-refractivity contribution in [2.45, 2.75) is 6.92 Å². The van der Waals surface area contributed by atoms with Crippen molar-refractivity contribution in [2.75, 3.05) is 0 Å². The molecule has 1 aliphatic rings. The standard InChI is InChI=1S/C12H10O2/c1-8-11-5-3-4-10(11)6-7-12(8)14-9(2)13/h3-7H,1H2,2H3. The lowest BCUT2D eigenvalue weighted by Crippen LogP contribution is -2.27. The van der Waals surface area contributed by atoms with E-state index < -0.39 is 0 Å². The number of benzene rings is 1. The fraction of sp³-hybridized carbons (Fsp3) is 0.0833. The van der Waals surface area contributed by atoms with Crippen molar-refractivity contribution < 1.29 is 9.53 Å². The first-order valence-corrected chi connectivity index (χ1v) is 4.37. The zero-order chi connectivity index (χ0) is 10.1. The number of esters is 1. The summed E-state index contributed by atoms with van der Waals surface area (Å²) in [5.74, 6) is 0.219. The molecule has 1 aliphatic carbocycles. The van der Waals surface area contributed by atoms with E-state index in [1.54, 1.807) is 6.07 Å². The number of carbonyl (C=O) groups excluding carboxylic acids is 1. The number of allylic oxidation sites excluding steroid dienone is 1. The van der Waals surface area contributed by atoms with Crippen LogP contribution >= 0.6 is 0 Å². The summed E-state index contributed by atoms with van der Waals surface area (Å²) in [7, 11) is 0. The molecule has 14 heavy (non-hydrogen) atoms. The molecule has 0 spiro atoms. The van der Waals surface area contributed by atoms with E-state index in [2.05, 4.69) is 6.58 Å². The molecule has 0 unspecified atom stereocenters. The molecule has 0 N–H and O–H groups in total. The first kappa shape index (κ1) is 8.75. The van der Waals surface area contributed by atoms with Gasteiger partial charge in [0.2, 0.25) is 0 Å². The van der Waals surface area contributed by atoms with Crippen molar-refractivity contribution >= 4 is 24.7 Å². The van der Waals surface area contributed by atoms with E-state index in [0.717, 1.165) is 16.0 Å². The average Bonchev–Trinajstić information content (AvgIpc) is 2.57. The van der Waals surface area contributed by atoms with Crippen LogP contribution in [0.1, 0.15) is 12.5 Å². The Morgan fingerprint density at radius 1 is 1.43 bits per heavy atom. The number of carbonyl (C=O) groups is 1. The van der Waals surface area contributed by atoms with Crippen molar-refractivity contribution in [3.05, 3.63) is 34.2 Å². The molecule has 1 aromatic carbocycles. The minimum absolute atomic E-state index is 0.319. The van der Waals surface area contributed by atoms with E-state index in [1.807, 2.05) is 24.3 Å². The molecule has 2 nitrogen and oxygen atoms in total. The zero-order valence-electron chi connectivity index (χ0n) is 7.91. The Bertz CT molecular complexity index is 524. The second-order valence-corrected chi connectivity index (χ2v) is 3.16. The van der Waals surface area contributed by atoms with Gasteiger partial charge in [-0.2, -0.15) is 0 Å². The Kier molecular flexibility index (Phi) is 1.97. The highest BCUT2D eigenvalue weighted by atomic mass is 16.5. The Balaban J connectivity index is 2.58. The highest BCUT2D eigenvalue weighted by molar-refractivity contribution is 5.71. The summed E-state index contributed by atoms with van der Waals surface area (Å²) in [6, 6.07) is 3.69. The van der Waals surface area contributed by atoms with Crippen molar-refractivity contribution in [3.63, 3.8) is 0 Å². The van der Waals surface area contributed by atoms with Crippen LogP contribution in [-0.2, 0) is 4.79 Å². The topological polar surface area (TPSA) is 26.3 Å². The van der Waals surface area contributed by atoms with E-state index in [-0.39, 0.29) is 5.97 Å². The second-order valence-electron chi connectivity index (χ2n) is 3.16. The Labute approximate surface area is 81.8 Å². The molecule has 0 amide bonds. The molecule has 70 valence electrons. The van der Waals surface area contributed by atoms with Gasteiger partial charge in [-0.15, -0.1) is 0 Å². The van der Waals surface area contributed by atoms with Crippen LogP contribution in [-0.4, -0.2) is 5.97 Å². The first-order valence-electron chi connectivity index (χ1n) is 4.37. The van der Waals surface area contributed by atoms with E-state index in [4.69, 9.17) is 4.74 Å². The predicted octanol–water partition coefficient (Wildman–Crippen LogP) is 0.829. The molecular weight excluding hydrogens is 176 g/mol. The Morgan fingerprint density at radius 3 is 2.93 bits per heavy atom. The van der Waals surface area contributed by atoms with Crippen molar-refractivity contribution in [1.29, 1.82) is 0 Å². The maximum absolute atomic E-state index is 10.8. The predicted molar refractivity (Wildman–Crippen MR) is 56.0 cm³/mol. The van der Waals surface area contributed by atoms with Gasteiger partial charge in [-0.05, 0) is 16.8 Å². The summed E-state index contributed by atoms with van der Waals surface area (Å²) in [6.45, 7) is 5.28. The minimum atomic E-state index is -0.319. The van der Waals surface area contributed by atoms with Gasteiger partial charge in [-0.25, -0.2) is 0 Å². The van der Waals surface area contributed by atoms with Crippen LogP contribution in [0.2, 0.25) is 0 Å². The number of rotatable bonds is 1. The molecule has 0 saturated carbocycles. The monoisotopic (exact) mass is 186 g/mol. The maximum atomic E-state index is 10.8. The smallest absolute Gasteiger partial charge is 0.308 e. The summed E-state index contributed by atoms with van der Waals surface area (Å²) < 4.78 is 5.02. The van der Waals surface area contributed by atoms with Crippen LogP contribution in [0.5, 0.6) is 5.75 Å². The van der Waals surface area contributed by atoms with Crippen LogP contribution in [0.25, 0.3) is 18.7 Å². The molecule has 0 aromatic heterocycles. The highest BCUT2D eigenvalue weighted by Gasteiger charge is 2.04. The quantitative estimate of drug-likeness (QED) is 0.479. The lowest BCUT2D eigenvalue weighted by atomic mass is 10.1. The summed E-state index contributed by atoms with van der Waals surface area (Å²) in [4.78, 5) is 10.8. The van der Waals surface area contributed by atoms with Crippen LogP contribution in [0.3, 0.4) is 0 Å². The Hall–Kier alpha value is -1.83. The van der Waals surface area contributed by atoms with Crippen molar-refractivity contribution in [1.82, 2.24) is 0 Å². The fourth-order valence-corrected chi connectivity index (χ4v) is 1.50. The molecule has 0 radical (unpaired) electrons. The van der Waals surface area contributed by atoms with Gasteiger partial charge in [0.05, 0.1) is 0 Å². The third kappa shape index (κ3) is 1.35. The zero-order valence-corrected chi connectivity index (χ0v) is 7.91. The molecule has 0 aliphatic heterocycles. The summed E-state index contributed by atoms with van der Waals surface area (Å²) in [6.07, 6.45) is 5.92. The number of hydrogen-bond donors (Lipinski definition) is 0. The highest BCUT2D eigenvalue weighted by Crippen LogP contribution is 2.06. The van der Waals surface area contributed by atoms with E-state index in [0.29, 0.717) is 5.75 Å². The van der Waals surface area contributed by atoms with Gasteiger partial charge in [0.15, 0.2) is 0 Å². The summed E-state index contributed by atoms with van der Waals surface area (Å²) >= 11 is 0. The van der Waals surface area contributed by atoms with Crippen LogP contribution < -0.4 is 15.2 Å². The van der Waals surface area contributed by atoms with Crippen molar-refractivity contribution in [2.24, 2.45) is 0 Å². The number of fused-ring (bicyclic) bond motifs is 1. The van der Waals surface area contributed by atoms with Gasteiger partial charge >= 0.3 is 5.97 Å². The number of hydrogen-bond acceptors (Lipinski definition) is 2. The average molecular weight is 186 g/mol. The molecule has 0 heterocycles. The van der Waals surface area contributed by atoms with Gasteiger partial charge in [-0.1, -0.05) is 30.9 Å². The van der Waals surface area contributed by atoms with Gasteiger partial charge in [0.1, 0.15) is 5.75 Å². The van der Waals surface area contributed by atoms with Gasteiger partial charge in [-0.3, -0.25) is 4.79 Å². The third-order valence-electron chi connectivity index (χ3n) is 2.14. The molecular formula is C12H10O2. The second kappa shape index (κ2) is 3.14. The third-order valence-corrected chi connectivity index (χ3v) is 2.14. The molecule has 0 bridgehead atoms. The minimum Gasteiger partial charge on any atom is -0.426 e. The lowest BCUT2D eigenvalue weighted by Gasteiger charge is -2.02. The van der Waals surface area contributed by atoms with E-state index in [1.165, 1.54) is 6.92 Å². The molecule has 0 fully saturated rings. The van der Waals surface area contributed by atoms with Crippen LogP contribution in [0, 0.1) is 0 Å². The van der Waals surface area contributed by atoms with Gasteiger partial charge in [0.25, 0.3) is 0 Å². The molecule has 2 heteroatoms. The Morgan fingerprint density at radius 2 is 2.21 bits per heavy atom. The van der Waals surface area contributed by atoms with E-state index in [9.17, 15) is 4.79 Å². The fourth-order valence-electron chi connectivity index (χ4n) is 1.50. The normalized spacial score (nSPS) is 12.1. The SMILES string of the molecule is C=c1c(OC(C)=O)ccc2c1=CC=C2. The maximum Gasteiger partial charge on any atom is 0.308 e. The molecule has 2 rings (SSSR count). The summed E-state index contributed by atoms with van der Waals surface area (Å²) in [5.41, 5.74) is 1.12. The summed E-state index contributed by atoms with van der Waals surface area (Å²) in [5, 5.41) is 1.80. The van der Waals surface area contributed by atoms with Gasteiger partial charge in [0, 0.05) is 12.1 Å². The van der Waals surface area contributed by atoms with Crippen molar-refractivity contribution in [3.8, 4) is 5.75 Å². The van der Waals surface area contributed by atoms with Crippen LogP contribution in [0.15, 0.2) is 18.2 Å².